The minimum atomic E-state index is -3.27. The van der Waals surface area contributed by atoms with Crippen molar-refractivity contribution in [1.29, 1.82) is 0 Å². The zero-order valence-corrected chi connectivity index (χ0v) is 13.9. The number of rotatable bonds is 6. The molecule has 0 aliphatic heterocycles. The van der Waals surface area contributed by atoms with Gasteiger partial charge in [0.2, 0.25) is 10.0 Å². The number of halogens is 2. The van der Waals surface area contributed by atoms with Crippen molar-refractivity contribution in [2.75, 3.05) is 22.3 Å². The fourth-order valence-corrected chi connectivity index (χ4v) is 3.32. The first-order chi connectivity index (χ1) is 9.62. The molecular weight excluding hydrogens is 315 g/mol. The molecule has 21 heavy (non-hydrogen) atoms. The van der Waals surface area contributed by atoms with Crippen LogP contribution < -0.4 is 10.0 Å². The Balaban J connectivity index is 1.95. The van der Waals surface area contributed by atoms with Crippen molar-refractivity contribution in [3.8, 4) is 0 Å². The second-order valence-corrected chi connectivity index (χ2v) is 8.26. The lowest BCUT2D eigenvalue weighted by Gasteiger charge is -2.14. The minimum Gasteiger partial charge on any atom is -0.384 e. The average molecular weight is 335 g/mol. The number of alkyl halides is 2. The van der Waals surface area contributed by atoms with Gasteiger partial charge < -0.3 is 5.32 Å². The molecular formula is C14H20ClFN2O2S. The van der Waals surface area contributed by atoms with Gasteiger partial charge in [0.25, 0.3) is 0 Å². The first kappa shape index (κ1) is 16.4. The summed E-state index contributed by atoms with van der Waals surface area (Å²) in [5.74, 6) is -0.174. The number of nitrogens with one attached hydrogen (secondary N) is 2. The first-order valence-corrected chi connectivity index (χ1v) is 8.87. The van der Waals surface area contributed by atoms with E-state index in [0.29, 0.717) is 12.2 Å². The fourth-order valence-electron chi connectivity index (χ4n) is 2.27. The molecule has 2 rings (SSSR count). The molecule has 7 heteroatoms. The third-order valence-electron chi connectivity index (χ3n) is 4.38. The molecule has 1 aromatic carbocycles. The number of sulfonamides is 1. The number of anilines is 2. The molecule has 1 aliphatic rings. The highest BCUT2D eigenvalue weighted by molar-refractivity contribution is 7.92. The van der Waals surface area contributed by atoms with Crippen LogP contribution in [0, 0.1) is 11.3 Å². The van der Waals surface area contributed by atoms with Crippen molar-refractivity contribution in [3.63, 3.8) is 0 Å². The van der Waals surface area contributed by atoms with Crippen LogP contribution in [0.25, 0.3) is 0 Å². The van der Waals surface area contributed by atoms with Crippen molar-refractivity contribution >= 4 is 33.0 Å². The highest BCUT2D eigenvalue weighted by Gasteiger charge is 2.72. The lowest BCUT2D eigenvalue weighted by atomic mass is 10.1. The number of benzene rings is 1. The van der Waals surface area contributed by atoms with Gasteiger partial charge >= 0.3 is 0 Å². The zero-order chi connectivity index (χ0) is 15.9. The van der Waals surface area contributed by atoms with E-state index < -0.39 is 20.6 Å². The molecule has 0 heterocycles. The average Bonchev–Trinajstić information content (AvgIpc) is 2.82. The molecule has 0 saturated heterocycles. The topological polar surface area (TPSA) is 58.2 Å². The van der Waals surface area contributed by atoms with Gasteiger partial charge in [0.1, 0.15) is 0 Å². The summed E-state index contributed by atoms with van der Waals surface area (Å²) in [5.41, 5.74) is 0.713. The summed E-state index contributed by atoms with van der Waals surface area (Å²) < 4.78 is 39.2. The summed E-state index contributed by atoms with van der Waals surface area (Å²) in [5, 5.41) is 1.48. The normalized spacial score (nSPS) is 31.8. The molecule has 1 fully saturated rings. The van der Waals surface area contributed by atoms with Crippen molar-refractivity contribution in [3.05, 3.63) is 24.3 Å². The maximum Gasteiger partial charge on any atom is 0.232 e. The first-order valence-electron chi connectivity index (χ1n) is 6.84. The molecule has 4 nitrogen and oxygen atoms in total. The van der Waals surface area contributed by atoms with Crippen LogP contribution in [-0.2, 0) is 10.0 Å². The highest BCUT2D eigenvalue weighted by atomic mass is 35.5. The van der Waals surface area contributed by atoms with Crippen LogP contribution >= 0.6 is 11.6 Å². The van der Waals surface area contributed by atoms with Crippen LogP contribution in [0.5, 0.6) is 0 Å². The van der Waals surface area contributed by atoms with Crippen molar-refractivity contribution in [2.24, 2.45) is 11.3 Å². The van der Waals surface area contributed by atoms with Gasteiger partial charge in [-0.1, -0.05) is 25.4 Å². The van der Waals surface area contributed by atoms with Crippen LogP contribution in [0.1, 0.15) is 20.8 Å². The summed E-state index contributed by atoms with van der Waals surface area (Å²) >= 11 is 5.80. The Morgan fingerprint density at radius 1 is 1.29 bits per heavy atom. The van der Waals surface area contributed by atoms with E-state index in [1.54, 1.807) is 45.0 Å². The summed E-state index contributed by atoms with van der Waals surface area (Å²) in [6.07, 6.45) is 0. The Hall–Kier alpha value is -1.01. The molecule has 0 aromatic heterocycles. The van der Waals surface area contributed by atoms with Crippen LogP contribution in [0.15, 0.2) is 24.3 Å². The molecule has 1 aromatic rings. The third kappa shape index (κ3) is 3.11. The standard InChI is InChI=1S/C14H20ClFN2O2S/c1-4-21(19,20)18-12-7-5-11(6-8-12)17-9-13(3)10(2)14(13,15)16/h5-8,10,17-18H,4,9H2,1-3H3. The molecule has 118 valence electrons. The molecule has 1 saturated carbocycles. The maximum atomic E-state index is 13.9. The minimum absolute atomic E-state index is 0.0253. The summed E-state index contributed by atoms with van der Waals surface area (Å²) in [4.78, 5) is 0. The van der Waals surface area contributed by atoms with Gasteiger partial charge in [-0.05, 0) is 31.2 Å². The van der Waals surface area contributed by atoms with E-state index in [2.05, 4.69) is 10.0 Å². The Morgan fingerprint density at radius 2 is 1.76 bits per heavy atom. The Kier molecular flexibility index (Phi) is 4.14. The molecule has 0 bridgehead atoms. The predicted molar refractivity (Wildman–Crippen MR) is 85.0 cm³/mol. The van der Waals surface area contributed by atoms with E-state index in [4.69, 9.17) is 11.6 Å². The molecule has 0 amide bonds. The molecule has 2 N–H and O–H groups in total. The fraction of sp³-hybridized carbons (Fsp3) is 0.571. The maximum absolute atomic E-state index is 13.9. The van der Waals surface area contributed by atoms with Crippen molar-refractivity contribution in [2.45, 2.75) is 25.9 Å². The largest absolute Gasteiger partial charge is 0.384 e. The van der Waals surface area contributed by atoms with Crippen molar-refractivity contribution in [1.82, 2.24) is 0 Å². The molecule has 3 atom stereocenters. The summed E-state index contributed by atoms with van der Waals surface area (Å²) in [6.45, 7) is 5.60. The van der Waals surface area contributed by atoms with Crippen LogP contribution in [0.4, 0.5) is 15.8 Å². The van der Waals surface area contributed by atoms with Crippen LogP contribution in [0.3, 0.4) is 0 Å². The molecule has 0 spiro atoms. The van der Waals surface area contributed by atoms with E-state index in [0.717, 1.165) is 5.69 Å². The smallest absolute Gasteiger partial charge is 0.232 e. The molecule has 1 aliphatic carbocycles. The highest BCUT2D eigenvalue weighted by Crippen LogP contribution is 2.66. The van der Waals surface area contributed by atoms with E-state index in [-0.39, 0.29) is 11.7 Å². The van der Waals surface area contributed by atoms with E-state index in [1.807, 2.05) is 0 Å². The van der Waals surface area contributed by atoms with Crippen LogP contribution in [0.2, 0.25) is 0 Å². The van der Waals surface area contributed by atoms with Crippen molar-refractivity contribution < 1.29 is 12.8 Å². The van der Waals surface area contributed by atoms with Gasteiger partial charge in [0, 0.05) is 29.3 Å². The Morgan fingerprint density at radius 3 is 2.19 bits per heavy atom. The van der Waals surface area contributed by atoms with Gasteiger partial charge in [-0.3, -0.25) is 4.72 Å². The second kappa shape index (κ2) is 5.32. The van der Waals surface area contributed by atoms with Crippen LogP contribution in [-0.4, -0.2) is 25.8 Å². The van der Waals surface area contributed by atoms with E-state index >= 15 is 0 Å². The zero-order valence-electron chi connectivity index (χ0n) is 12.3. The van der Waals surface area contributed by atoms with Gasteiger partial charge in [0.15, 0.2) is 5.13 Å². The lowest BCUT2D eigenvalue weighted by Crippen LogP contribution is -2.18. The summed E-state index contributed by atoms with van der Waals surface area (Å²) in [6, 6.07) is 6.82. The van der Waals surface area contributed by atoms with Gasteiger partial charge in [0.05, 0.1) is 5.75 Å². The number of hydrogen-bond acceptors (Lipinski definition) is 3. The third-order valence-corrected chi connectivity index (χ3v) is 6.44. The quantitative estimate of drug-likeness (QED) is 0.784. The predicted octanol–water partition coefficient (Wildman–Crippen LogP) is 3.42. The SMILES string of the molecule is CCS(=O)(=O)Nc1ccc(NCC2(C)C(C)C2(F)Cl)cc1. The van der Waals surface area contributed by atoms with Gasteiger partial charge in [-0.15, -0.1) is 0 Å². The van der Waals surface area contributed by atoms with Gasteiger partial charge in [-0.25, -0.2) is 12.8 Å². The lowest BCUT2D eigenvalue weighted by molar-refractivity contribution is 0.342. The number of hydrogen-bond donors (Lipinski definition) is 2. The van der Waals surface area contributed by atoms with E-state index in [1.165, 1.54) is 0 Å². The monoisotopic (exact) mass is 334 g/mol. The second-order valence-electron chi connectivity index (χ2n) is 5.70. The van der Waals surface area contributed by atoms with Gasteiger partial charge in [-0.2, -0.15) is 0 Å². The summed E-state index contributed by atoms with van der Waals surface area (Å²) in [7, 11) is -3.27. The Labute approximate surface area is 130 Å². The molecule has 0 radical (unpaired) electrons. The molecule has 3 unspecified atom stereocenters. The Bertz CT molecular complexity index is 618. The van der Waals surface area contributed by atoms with E-state index in [9.17, 15) is 12.8 Å².